The predicted molar refractivity (Wildman–Crippen MR) is 112 cm³/mol. The van der Waals surface area contributed by atoms with Gasteiger partial charge in [0.1, 0.15) is 5.75 Å². The van der Waals surface area contributed by atoms with Gasteiger partial charge in [-0.15, -0.1) is 0 Å². The van der Waals surface area contributed by atoms with Gasteiger partial charge in [-0.05, 0) is 62.7 Å². The Morgan fingerprint density at radius 1 is 1.14 bits per heavy atom. The molecule has 0 radical (unpaired) electrons. The second-order valence-corrected chi connectivity index (χ2v) is 9.44. The van der Waals surface area contributed by atoms with E-state index in [4.69, 9.17) is 9.26 Å². The van der Waals surface area contributed by atoms with Crippen molar-refractivity contribution in [3.63, 3.8) is 0 Å². The first-order valence-electron chi connectivity index (χ1n) is 9.47. The minimum absolute atomic E-state index is 0.0165. The molecule has 0 aliphatic carbocycles. The highest BCUT2D eigenvalue weighted by atomic mass is 32.2. The van der Waals surface area contributed by atoms with E-state index in [0.717, 1.165) is 22.6 Å². The molecule has 0 saturated carbocycles. The molecule has 0 atom stereocenters. The molecule has 7 nitrogen and oxygen atoms in total. The lowest BCUT2D eigenvalue weighted by Gasteiger charge is -2.09. The van der Waals surface area contributed by atoms with Gasteiger partial charge in [-0.25, -0.2) is 8.42 Å². The van der Waals surface area contributed by atoms with Crippen molar-refractivity contribution < 1.29 is 17.7 Å². The summed E-state index contributed by atoms with van der Waals surface area (Å²) in [6, 6.07) is 14.8. The van der Waals surface area contributed by atoms with Crippen molar-refractivity contribution in [2.24, 2.45) is 0 Å². The summed E-state index contributed by atoms with van der Waals surface area (Å²) in [7, 11) is -3.15. The number of hydrogen-bond donors (Lipinski definition) is 1. The Hall–Kier alpha value is -2.87. The van der Waals surface area contributed by atoms with E-state index < -0.39 is 15.1 Å². The van der Waals surface area contributed by atoms with Gasteiger partial charge in [0.2, 0.25) is 11.7 Å². The second-order valence-electron chi connectivity index (χ2n) is 6.88. The molecule has 0 unspecified atom stereocenters. The molecular formula is C21H25N3O4S. The lowest BCUT2D eigenvalue weighted by molar-refractivity contribution is 0.340. The SMILES string of the molecule is CCOc1ccc(-c2noc(CNc3cccc(CS(=O)(=O)C(C)C)c3)n2)cc1. The van der Waals surface area contributed by atoms with E-state index in [9.17, 15) is 8.42 Å². The van der Waals surface area contributed by atoms with Gasteiger partial charge >= 0.3 is 0 Å². The van der Waals surface area contributed by atoms with Crippen LogP contribution in [0.1, 0.15) is 32.2 Å². The molecule has 3 rings (SSSR count). The number of anilines is 1. The zero-order valence-corrected chi connectivity index (χ0v) is 17.6. The van der Waals surface area contributed by atoms with Crippen LogP contribution in [-0.2, 0) is 22.1 Å². The van der Waals surface area contributed by atoms with E-state index in [1.807, 2.05) is 55.5 Å². The third kappa shape index (κ3) is 5.57. The predicted octanol–water partition coefficient (Wildman–Crippen LogP) is 4.07. The van der Waals surface area contributed by atoms with E-state index in [-0.39, 0.29) is 5.75 Å². The fourth-order valence-electron chi connectivity index (χ4n) is 2.66. The van der Waals surface area contributed by atoms with E-state index in [1.54, 1.807) is 13.8 Å². The van der Waals surface area contributed by atoms with Crippen LogP contribution in [0.2, 0.25) is 0 Å². The van der Waals surface area contributed by atoms with E-state index in [2.05, 4.69) is 15.5 Å². The highest BCUT2D eigenvalue weighted by Gasteiger charge is 2.17. The highest BCUT2D eigenvalue weighted by Crippen LogP contribution is 2.21. The molecule has 0 fully saturated rings. The molecule has 0 saturated heterocycles. The van der Waals surface area contributed by atoms with Gasteiger partial charge in [-0.1, -0.05) is 17.3 Å². The fraction of sp³-hybridized carbons (Fsp3) is 0.333. The Balaban J connectivity index is 1.63. The average Bonchev–Trinajstić information content (AvgIpc) is 3.16. The van der Waals surface area contributed by atoms with Gasteiger partial charge in [0.15, 0.2) is 9.84 Å². The molecule has 154 valence electrons. The normalized spacial score (nSPS) is 11.6. The van der Waals surface area contributed by atoms with Gasteiger partial charge in [-0.2, -0.15) is 4.98 Å². The first-order valence-corrected chi connectivity index (χ1v) is 11.2. The lowest BCUT2D eigenvalue weighted by Crippen LogP contribution is -2.16. The Morgan fingerprint density at radius 3 is 2.59 bits per heavy atom. The molecule has 0 aliphatic rings. The highest BCUT2D eigenvalue weighted by molar-refractivity contribution is 7.91. The third-order valence-corrected chi connectivity index (χ3v) is 6.52. The topological polar surface area (TPSA) is 94.3 Å². The fourth-order valence-corrected chi connectivity index (χ4v) is 3.64. The largest absolute Gasteiger partial charge is 0.494 e. The second kappa shape index (κ2) is 9.09. The first-order chi connectivity index (χ1) is 13.9. The number of ether oxygens (including phenoxy) is 1. The molecular weight excluding hydrogens is 390 g/mol. The number of nitrogens with one attached hydrogen (secondary N) is 1. The van der Waals surface area contributed by atoms with Crippen LogP contribution in [0.25, 0.3) is 11.4 Å². The number of sulfone groups is 1. The third-order valence-electron chi connectivity index (χ3n) is 4.35. The minimum Gasteiger partial charge on any atom is -0.494 e. The molecule has 0 amide bonds. The number of aromatic nitrogens is 2. The number of rotatable bonds is 9. The molecule has 3 aromatic rings. The summed E-state index contributed by atoms with van der Waals surface area (Å²) in [5.41, 5.74) is 2.37. The maximum absolute atomic E-state index is 12.1. The average molecular weight is 416 g/mol. The van der Waals surface area contributed by atoms with E-state index >= 15 is 0 Å². The number of benzene rings is 2. The molecule has 1 heterocycles. The zero-order valence-electron chi connectivity index (χ0n) is 16.8. The molecule has 2 aromatic carbocycles. The van der Waals surface area contributed by atoms with Crippen molar-refractivity contribution in [2.75, 3.05) is 11.9 Å². The summed E-state index contributed by atoms with van der Waals surface area (Å²) in [5.74, 6) is 1.75. The van der Waals surface area contributed by atoms with Crippen LogP contribution in [0.3, 0.4) is 0 Å². The van der Waals surface area contributed by atoms with Gasteiger partial charge in [0.25, 0.3) is 0 Å². The van der Waals surface area contributed by atoms with E-state index in [0.29, 0.717) is 24.9 Å². The molecule has 29 heavy (non-hydrogen) atoms. The van der Waals surface area contributed by atoms with Crippen LogP contribution < -0.4 is 10.1 Å². The van der Waals surface area contributed by atoms with Crippen LogP contribution in [0.4, 0.5) is 5.69 Å². The van der Waals surface area contributed by atoms with Crippen molar-refractivity contribution in [2.45, 2.75) is 38.3 Å². The summed E-state index contributed by atoms with van der Waals surface area (Å²) in [5, 5.41) is 6.81. The first kappa shape index (κ1) is 20.9. The Labute approximate surface area is 171 Å². The molecule has 0 aliphatic heterocycles. The van der Waals surface area contributed by atoms with Crippen LogP contribution in [0, 0.1) is 0 Å². The standard InChI is InChI=1S/C21H25N3O4S/c1-4-27-19-10-8-17(9-11-19)21-23-20(28-24-21)13-22-18-7-5-6-16(12-18)14-29(25,26)15(2)3/h5-12,15,22H,4,13-14H2,1-3H3. The maximum Gasteiger partial charge on any atom is 0.246 e. The monoisotopic (exact) mass is 415 g/mol. The van der Waals surface area contributed by atoms with Gasteiger partial charge in [0, 0.05) is 11.3 Å². The molecule has 0 bridgehead atoms. The Morgan fingerprint density at radius 2 is 1.90 bits per heavy atom. The lowest BCUT2D eigenvalue weighted by atomic mass is 10.2. The van der Waals surface area contributed by atoms with Crippen LogP contribution in [-0.4, -0.2) is 30.4 Å². The van der Waals surface area contributed by atoms with Crippen molar-refractivity contribution in [1.82, 2.24) is 10.1 Å². The molecule has 1 N–H and O–H groups in total. The summed E-state index contributed by atoms with van der Waals surface area (Å²) in [4.78, 5) is 4.40. The quantitative estimate of drug-likeness (QED) is 0.563. The molecule has 0 spiro atoms. The van der Waals surface area contributed by atoms with Crippen molar-refractivity contribution >= 4 is 15.5 Å². The molecule has 1 aromatic heterocycles. The number of nitrogens with zero attached hydrogens (tertiary/aromatic N) is 2. The summed E-state index contributed by atoms with van der Waals surface area (Å²) in [6.45, 7) is 6.27. The van der Waals surface area contributed by atoms with E-state index in [1.165, 1.54) is 0 Å². The maximum atomic E-state index is 12.1. The van der Waals surface area contributed by atoms with Gasteiger partial charge < -0.3 is 14.6 Å². The van der Waals surface area contributed by atoms with Crippen LogP contribution in [0.15, 0.2) is 53.1 Å². The Bertz CT molecular complexity index is 1040. The molecule has 8 heteroatoms. The summed E-state index contributed by atoms with van der Waals surface area (Å²) >= 11 is 0. The summed E-state index contributed by atoms with van der Waals surface area (Å²) in [6.07, 6.45) is 0. The van der Waals surface area contributed by atoms with Gasteiger partial charge in [-0.3, -0.25) is 0 Å². The zero-order chi connectivity index (χ0) is 20.9. The van der Waals surface area contributed by atoms with Crippen molar-refractivity contribution in [3.8, 4) is 17.1 Å². The minimum atomic E-state index is -3.15. The van der Waals surface area contributed by atoms with Crippen LogP contribution >= 0.6 is 0 Å². The smallest absolute Gasteiger partial charge is 0.246 e. The van der Waals surface area contributed by atoms with Crippen molar-refractivity contribution in [1.29, 1.82) is 0 Å². The van der Waals surface area contributed by atoms with Crippen molar-refractivity contribution in [3.05, 3.63) is 60.0 Å². The Kier molecular flexibility index (Phi) is 6.53. The summed E-state index contributed by atoms with van der Waals surface area (Å²) < 4.78 is 35.0. The number of hydrogen-bond acceptors (Lipinski definition) is 7. The van der Waals surface area contributed by atoms with Crippen LogP contribution in [0.5, 0.6) is 5.75 Å². The van der Waals surface area contributed by atoms with Gasteiger partial charge in [0.05, 0.1) is 24.2 Å².